The van der Waals surface area contributed by atoms with Gasteiger partial charge in [0.05, 0.1) is 11.6 Å². The van der Waals surface area contributed by atoms with Gasteiger partial charge in [0.15, 0.2) is 0 Å². The van der Waals surface area contributed by atoms with Gasteiger partial charge in [-0.25, -0.2) is 4.98 Å². The predicted octanol–water partition coefficient (Wildman–Crippen LogP) is 2.09. The minimum atomic E-state index is 0.224. The number of anilines is 1. The van der Waals surface area contributed by atoms with E-state index in [9.17, 15) is 4.79 Å². The molecule has 0 N–H and O–H groups in total. The number of piperidine rings is 2. The summed E-state index contributed by atoms with van der Waals surface area (Å²) in [4.78, 5) is 28.7. The lowest BCUT2D eigenvalue weighted by Crippen LogP contribution is -2.51. The van der Waals surface area contributed by atoms with Gasteiger partial charge in [0.1, 0.15) is 5.82 Å². The third kappa shape index (κ3) is 3.70. The zero-order valence-electron chi connectivity index (χ0n) is 15.9. The third-order valence-electron chi connectivity index (χ3n) is 6.36. The SMILES string of the molecule is Cc1nccnc1N1CCC(N2CCC[C@H](C(=O)N3CCCC3)C2)CC1. The number of hydrogen-bond donors (Lipinski definition) is 0. The van der Waals surface area contributed by atoms with Crippen molar-refractivity contribution in [3.05, 3.63) is 18.1 Å². The number of carbonyl (C=O) groups is 1. The highest BCUT2D eigenvalue weighted by Gasteiger charge is 2.34. The van der Waals surface area contributed by atoms with Gasteiger partial charge < -0.3 is 9.80 Å². The van der Waals surface area contributed by atoms with E-state index in [4.69, 9.17) is 0 Å². The Kier molecular flexibility index (Phi) is 5.38. The van der Waals surface area contributed by atoms with Crippen LogP contribution in [-0.2, 0) is 4.79 Å². The summed E-state index contributed by atoms with van der Waals surface area (Å²) in [6.07, 6.45) is 10.5. The zero-order chi connectivity index (χ0) is 17.9. The molecule has 4 heterocycles. The minimum Gasteiger partial charge on any atom is -0.355 e. The maximum atomic E-state index is 12.8. The van der Waals surface area contributed by atoms with Gasteiger partial charge in [-0.15, -0.1) is 0 Å². The molecule has 3 aliphatic heterocycles. The summed E-state index contributed by atoms with van der Waals surface area (Å²) in [6, 6.07) is 0.609. The van der Waals surface area contributed by atoms with Crippen molar-refractivity contribution in [1.82, 2.24) is 19.8 Å². The van der Waals surface area contributed by atoms with Crippen molar-refractivity contribution in [2.75, 3.05) is 44.2 Å². The molecule has 0 spiro atoms. The largest absolute Gasteiger partial charge is 0.355 e. The van der Waals surface area contributed by atoms with E-state index < -0.39 is 0 Å². The molecule has 6 heteroatoms. The van der Waals surface area contributed by atoms with Gasteiger partial charge in [0, 0.05) is 51.2 Å². The van der Waals surface area contributed by atoms with Crippen LogP contribution in [0.15, 0.2) is 12.4 Å². The van der Waals surface area contributed by atoms with Gasteiger partial charge in [-0.05, 0) is 52.0 Å². The molecule has 6 nitrogen and oxygen atoms in total. The zero-order valence-corrected chi connectivity index (χ0v) is 15.9. The van der Waals surface area contributed by atoms with E-state index in [1.54, 1.807) is 12.4 Å². The first-order valence-corrected chi connectivity index (χ1v) is 10.3. The fourth-order valence-electron chi connectivity index (χ4n) is 4.89. The summed E-state index contributed by atoms with van der Waals surface area (Å²) in [5.74, 6) is 1.67. The summed E-state index contributed by atoms with van der Waals surface area (Å²) in [7, 11) is 0. The van der Waals surface area contributed by atoms with E-state index in [1.165, 1.54) is 12.8 Å². The van der Waals surface area contributed by atoms with Gasteiger partial charge in [-0.3, -0.25) is 14.7 Å². The van der Waals surface area contributed by atoms with Crippen molar-refractivity contribution >= 4 is 11.7 Å². The van der Waals surface area contributed by atoms with Crippen LogP contribution in [0.2, 0.25) is 0 Å². The first-order chi connectivity index (χ1) is 12.7. The van der Waals surface area contributed by atoms with Crippen LogP contribution >= 0.6 is 0 Å². The van der Waals surface area contributed by atoms with Crippen LogP contribution in [0.25, 0.3) is 0 Å². The molecule has 1 aromatic rings. The number of carbonyl (C=O) groups excluding carboxylic acids is 1. The van der Waals surface area contributed by atoms with Crippen molar-refractivity contribution in [3.8, 4) is 0 Å². The molecule has 4 rings (SSSR count). The predicted molar refractivity (Wildman–Crippen MR) is 102 cm³/mol. The Morgan fingerprint density at radius 1 is 0.962 bits per heavy atom. The van der Waals surface area contributed by atoms with Crippen molar-refractivity contribution in [2.45, 2.75) is 51.5 Å². The second-order valence-corrected chi connectivity index (χ2v) is 8.05. The van der Waals surface area contributed by atoms with Crippen molar-refractivity contribution in [2.24, 2.45) is 5.92 Å². The van der Waals surface area contributed by atoms with E-state index >= 15 is 0 Å². The van der Waals surface area contributed by atoms with Gasteiger partial charge in [0.25, 0.3) is 0 Å². The van der Waals surface area contributed by atoms with Crippen LogP contribution in [0.5, 0.6) is 0 Å². The second-order valence-electron chi connectivity index (χ2n) is 8.05. The molecular weight excluding hydrogens is 326 g/mol. The van der Waals surface area contributed by atoms with Crippen LogP contribution in [0, 0.1) is 12.8 Å². The number of nitrogens with zero attached hydrogens (tertiary/aromatic N) is 5. The summed E-state index contributed by atoms with van der Waals surface area (Å²) in [5.41, 5.74) is 1.01. The number of likely N-dealkylation sites (tertiary alicyclic amines) is 2. The van der Waals surface area contributed by atoms with E-state index in [0.29, 0.717) is 11.9 Å². The molecule has 1 atom stereocenters. The maximum Gasteiger partial charge on any atom is 0.226 e. The Balaban J connectivity index is 1.32. The summed E-state index contributed by atoms with van der Waals surface area (Å²) in [5, 5.41) is 0. The van der Waals surface area contributed by atoms with Crippen molar-refractivity contribution < 1.29 is 4.79 Å². The average molecular weight is 358 g/mol. The quantitative estimate of drug-likeness (QED) is 0.829. The fourth-order valence-corrected chi connectivity index (χ4v) is 4.89. The van der Waals surface area contributed by atoms with Gasteiger partial charge >= 0.3 is 0 Å². The molecule has 3 saturated heterocycles. The molecule has 0 aliphatic carbocycles. The standard InChI is InChI=1S/C20H31N5O/c1-16-19(22-9-8-21-16)23-13-6-18(7-14-23)25-12-4-5-17(15-25)20(26)24-10-2-3-11-24/h8-9,17-18H,2-7,10-15H2,1H3/t17-/m0/s1. The monoisotopic (exact) mass is 357 g/mol. The highest BCUT2D eigenvalue weighted by molar-refractivity contribution is 5.79. The lowest BCUT2D eigenvalue weighted by Gasteiger charge is -2.42. The summed E-state index contributed by atoms with van der Waals surface area (Å²) in [6.45, 7) is 8.17. The van der Waals surface area contributed by atoms with E-state index in [2.05, 4.69) is 24.7 Å². The minimum absolute atomic E-state index is 0.224. The van der Waals surface area contributed by atoms with Crippen LogP contribution in [0.1, 0.15) is 44.2 Å². The molecule has 3 fully saturated rings. The maximum absolute atomic E-state index is 12.8. The lowest BCUT2D eigenvalue weighted by atomic mass is 9.93. The van der Waals surface area contributed by atoms with Crippen molar-refractivity contribution in [3.63, 3.8) is 0 Å². The molecule has 26 heavy (non-hydrogen) atoms. The first kappa shape index (κ1) is 17.7. The van der Waals surface area contributed by atoms with Crippen LogP contribution in [0.4, 0.5) is 5.82 Å². The van der Waals surface area contributed by atoms with Gasteiger partial charge in [-0.1, -0.05) is 0 Å². The average Bonchev–Trinajstić information content (AvgIpc) is 3.23. The summed E-state index contributed by atoms with van der Waals surface area (Å²) >= 11 is 0. The van der Waals surface area contributed by atoms with Crippen LogP contribution in [-0.4, -0.2) is 71.0 Å². The van der Waals surface area contributed by atoms with E-state index in [0.717, 1.165) is 76.5 Å². The van der Waals surface area contributed by atoms with Gasteiger partial charge in [0.2, 0.25) is 5.91 Å². The normalized spacial score (nSPS) is 25.7. The number of hydrogen-bond acceptors (Lipinski definition) is 5. The van der Waals surface area contributed by atoms with Crippen LogP contribution in [0.3, 0.4) is 0 Å². The molecule has 0 radical (unpaired) electrons. The first-order valence-electron chi connectivity index (χ1n) is 10.3. The molecule has 0 unspecified atom stereocenters. The van der Waals surface area contributed by atoms with Gasteiger partial charge in [-0.2, -0.15) is 0 Å². The molecule has 0 bridgehead atoms. The lowest BCUT2D eigenvalue weighted by molar-refractivity contribution is -0.136. The fraction of sp³-hybridized carbons (Fsp3) is 0.750. The Morgan fingerprint density at radius 3 is 2.42 bits per heavy atom. The highest BCUT2D eigenvalue weighted by Crippen LogP contribution is 2.27. The Bertz CT molecular complexity index is 622. The molecule has 0 aromatic carbocycles. The van der Waals surface area contributed by atoms with E-state index in [1.807, 2.05) is 6.92 Å². The smallest absolute Gasteiger partial charge is 0.226 e. The number of amides is 1. The molecule has 1 aromatic heterocycles. The Hall–Kier alpha value is -1.69. The topological polar surface area (TPSA) is 52.6 Å². The van der Waals surface area contributed by atoms with Crippen LogP contribution < -0.4 is 4.90 Å². The Morgan fingerprint density at radius 2 is 1.69 bits per heavy atom. The number of aromatic nitrogens is 2. The molecule has 3 aliphatic rings. The molecular formula is C20H31N5O. The molecule has 1 amide bonds. The highest BCUT2D eigenvalue weighted by atomic mass is 16.2. The molecule has 142 valence electrons. The summed E-state index contributed by atoms with van der Waals surface area (Å²) < 4.78 is 0. The second kappa shape index (κ2) is 7.91. The van der Waals surface area contributed by atoms with E-state index in [-0.39, 0.29) is 5.92 Å². The number of rotatable bonds is 3. The third-order valence-corrected chi connectivity index (χ3v) is 6.36. The number of aryl methyl sites for hydroxylation is 1. The molecule has 0 saturated carbocycles. The Labute approximate surface area is 156 Å². The van der Waals surface area contributed by atoms with Crippen molar-refractivity contribution in [1.29, 1.82) is 0 Å².